The van der Waals surface area contributed by atoms with Crippen molar-refractivity contribution in [1.82, 2.24) is 4.90 Å². The molecule has 1 aliphatic heterocycles. The van der Waals surface area contributed by atoms with Gasteiger partial charge in [0.15, 0.2) is 0 Å². The third-order valence-corrected chi connectivity index (χ3v) is 3.56. The Bertz CT molecular complexity index is 495. The molecule has 18 heavy (non-hydrogen) atoms. The van der Waals surface area contributed by atoms with Gasteiger partial charge in [-0.2, -0.15) is 0 Å². The van der Waals surface area contributed by atoms with Gasteiger partial charge in [0.1, 0.15) is 11.2 Å². The average molecular weight is 288 g/mol. The van der Waals surface area contributed by atoms with Crippen LogP contribution in [0.1, 0.15) is 18.9 Å². The standard InChI is InChI=1S/C13H12Cl2FNO/c1-2-17-11(7-6-9(15)13(17)18)12-8(14)4-3-5-10(12)16/h3-5,7,9H,2,6H2,1H3. The van der Waals surface area contributed by atoms with Gasteiger partial charge in [-0.25, -0.2) is 4.39 Å². The summed E-state index contributed by atoms with van der Waals surface area (Å²) in [6.07, 6.45) is 2.14. The molecule has 1 atom stereocenters. The van der Waals surface area contributed by atoms with Gasteiger partial charge >= 0.3 is 0 Å². The van der Waals surface area contributed by atoms with Gasteiger partial charge in [0.25, 0.3) is 0 Å². The number of carbonyl (C=O) groups is 1. The highest BCUT2D eigenvalue weighted by Gasteiger charge is 2.30. The second-order valence-corrected chi connectivity index (χ2v) is 4.91. The maximum Gasteiger partial charge on any atom is 0.245 e. The molecule has 2 rings (SSSR count). The molecule has 1 amide bonds. The van der Waals surface area contributed by atoms with E-state index in [2.05, 4.69) is 0 Å². The molecule has 0 radical (unpaired) electrons. The van der Waals surface area contributed by atoms with Crippen LogP contribution in [0.15, 0.2) is 24.3 Å². The van der Waals surface area contributed by atoms with Crippen LogP contribution >= 0.6 is 23.2 Å². The number of hydrogen-bond donors (Lipinski definition) is 0. The Morgan fingerprint density at radius 3 is 2.83 bits per heavy atom. The number of amides is 1. The SMILES string of the molecule is CCN1C(=O)C(Cl)CC=C1c1c(F)cccc1Cl. The van der Waals surface area contributed by atoms with Crippen molar-refractivity contribution in [3.63, 3.8) is 0 Å². The molecule has 0 bridgehead atoms. The first-order valence-electron chi connectivity index (χ1n) is 5.66. The first kappa shape index (κ1) is 13.4. The zero-order chi connectivity index (χ0) is 13.3. The van der Waals surface area contributed by atoms with Crippen molar-refractivity contribution in [2.24, 2.45) is 0 Å². The van der Waals surface area contributed by atoms with Crippen molar-refractivity contribution in [1.29, 1.82) is 0 Å². The second kappa shape index (κ2) is 5.29. The Kier molecular flexibility index (Phi) is 3.93. The van der Waals surface area contributed by atoms with E-state index in [1.807, 2.05) is 6.92 Å². The highest BCUT2D eigenvalue weighted by atomic mass is 35.5. The van der Waals surface area contributed by atoms with Crippen LogP contribution in [-0.4, -0.2) is 22.7 Å². The normalized spacial score (nSPS) is 20.0. The number of hydrogen-bond acceptors (Lipinski definition) is 1. The summed E-state index contributed by atoms with van der Waals surface area (Å²) in [4.78, 5) is 13.4. The zero-order valence-electron chi connectivity index (χ0n) is 9.79. The molecule has 0 fully saturated rings. The van der Waals surface area contributed by atoms with Gasteiger partial charge in [0, 0.05) is 6.54 Å². The fourth-order valence-corrected chi connectivity index (χ4v) is 2.49. The minimum Gasteiger partial charge on any atom is -0.311 e. The van der Waals surface area contributed by atoms with Crippen LogP contribution in [0.3, 0.4) is 0 Å². The summed E-state index contributed by atoms with van der Waals surface area (Å²) in [6, 6.07) is 4.46. The maximum absolute atomic E-state index is 13.9. The highest BCUT2D eigenvalue weighted by molar-refractivity contribution is 6.33. The predicted octanol–water partition coefficient (Wildman–Crippen LogP) is 3.68. The largest absolute Gasteiger partial charge is 0.311 e. The molecule has 1 aromatic rings. The molecule has 1 unspecified atom stereocenters. The Labute approximate surface area is 115 Å². The lowest BCUT2D eigenvalue weighted by Crippen LogP contribution is -2.38. The van der Waals surface area contributed by atoms with Gasteiger partial charge in [-0.1, -0.05) is 23.7 Å². The third kappa shape index (κ3) is 2.25. The van der Waals surface area contributed by atoms with Crippen LogP contribution in [0.2, 0.25) is 5.02 Å². The molecule has 5 heteroatoms. The fraction of sp³-hybridized carbons (Fsp3) is 0.308. The van der Waals surface area contributed by atoms with Crippen molar-refractivity contribution in [3.05, 3.63) is 40.7 Å². The molecule has 1 heterocycles. The monoisotopic (exact) mass is 287 g/mol. The minimum atomic E-state index is -0.584. The molecule has 1 aromatic carbocycles. The number of rotatable bonds is 2. The van der Waals surface area contributed by atoms with Gasteiger partial charge in [-0.05, 0) is 25.5 Å². The number of allylic oxidation sites excluding steroid dienone is 1. The molecule has 0 spiro atoms. The van der Waals surface area contributed by atoms with E-state index in [0.29, 0.717) is 23.7 Å². The van der Waals surface area contributed by atoms with E-state index < -0.39 is 11.2 Å². The van der Waals surface area contributed by atoms with Crippen LogP contribution in [0.25, 0.3) is 5.70 Å². The molecule has 0 saturated carbocycles. The lowest BCUT2D eigenvalue weighted by Gasteiger charge is -2.30. The van der Waals surface area contributed by atoms with Crippen LogP contribution in [0.4, 0.5) is 4.39 Å². The summed E-state index contributed by atoms with van der Waals surface area (Å²) in [5.41, 5.74) is 0.764. The number of carbonyl (C=O) groups excluding carboxylic acids is 1. The molecule has 0 aliphatic carbocycles. The Hall–Kier alpha value is -1.06. The van der Waals surface area contributed by atoms with Crippen LogP contribution in [-0.2, 0) is 4.79 Å². The fourth-order valence-electron chi connectivity index (χ4n) is 2.02. The average Bonchev–Trinajstić information content (AvgIpc) is 2.33. The van der Waals surface area contributed by atoms with Crippen molar-refractivity contribution >= 4 is 34.8 Å². The number of alkyl halides is 1. The van der Waals surface area contributed by atoms with Crippen molar-refractivity contribution in [2.45, 2.75) is 18.7 Å². The predicted molar refractivity (Wildman–Crippen MR) is 71.0 cm³/mol. The molecule has 0 saturated heterocycles. The molecule has 96 valence electrons. The summed E-state index contributed by atoms with van der Waals surface area (Å²) >= 11 is 11.9. The maximum atomic E-state index is 13.9. The molecule has 1 aliphatic rings. The molecule has 0 N–H and O–H groups in total. The van der Waals surface area contributed by atoms with E-state index in [0.717, 1.165) is 0 Å². The van der Waals surface area contributed by atoms with E-state index in [4.69, 9.17) is 23.2 Å². The molecular formula is C13H12Cl2FNO. The van der Waals surface area contributed by atoms with Gasteiger partial charge in [-0.3, -0.25) is 4.79 Å². The van der Waals surface area contributed by atoms with Crippen molar-refractivity contribution in [2.75, 3.05) is 6.54 Å². The zero-order valence-corrected chi connectivity index (χ0v) is 11.3. The van der Waals surface area contributed by atoms with Crippen molar-refractivity contribution < 1.29 is 9.18 Å². The minimum absolute atomic E-state index is 0.212. The van der Waals surface area contributed by atoms with Gasteiger partial charge < -0.3 is 4.90 Å². The molecule has 2 nitrogen and oxygen atoms in total. The van der Waals surface area contributed by atoms with Crippen molar-refractivity contribution in [3.8, 4) is 0 Å². The van der Waals surface area contributed by atoms with E-state index in [1.165, 1.54) is 17.0 Å². The van der Waals surface area contributed by atoms with Crippen LogP contribution in [0, 0.1) is 5.82 Å². The Balaban J connectivity index is 2.52. The third-order valence-electron chi connectivity index (χ3n) is 2.88. The summed E-state index contributed by atoms with van der Waals surface area (Å²) < 4.78 is 13.9. The highest BCUT2D eigenvalue weighted by Crippen LogP contribution is 2.33. The first-order chi connectivity index (χ1) is 8.56. The van der Waals surface area contributed by atoms with E-state index in [9.17, 15) is 9.18 Å². The quantitative estimate of drug-likeness (QED) is 0.760. The smallest absolute Gasteiger partial charge is 0.245 e. The Morgan fingerprint density at radius 2 is 2.22 bits per heavy atom. The topological polar surface area (TPSA) is 20.3 Å². The van der Waals surface area contributed by atoms with Crippen LogP contribution < -0.4 is 0 Å². The van der Waals surface area contributed by atoms with E-state index >= 15 is 0 Å². The lowest BCUT2D eigenvalue weighted by molar-refractivity contribution is -0.127. The lowest BCUT2D eigenvalue weighted by atomic mass is 10.0. The first-order valence-corrected chi connectivity index (χ1v) is 6.47. The summed E-state index contributed by atoms with van der Waals surface area (Å²) in [5, 5.41) is -0.292. The summed E-state index contributed by atoms with van der Waals surface area (Å²) in [7, 11) is 0. The van der Waals surface area contributed by atoms with E-state index in [-0.39, 0.29) is 11.5 Å². The summed E-state index contributed by atoms with van der Waals surface area (Å²) in [6.45, 7) is 2.24. The number of nitrogens with zero attached hydrogens (tertiary/aromatic N) is 1. The van der Waals surface area contributed by atoms with Crippen LogP contribution in [0.5, 0.6) is 0 Å². The van der Waals surface area contributed by atoms with Gasteiger partial charge in [0.2, 0.25) is 5.91 Å². The Morgan fingerprint density at radius 1 is 1.50 bits per heavy atom. The second-order valence-electron chi connectivity index (χ2n) is 3.97. The van der Waals surface area contributed by atoms with Gasteiger partial charge in [0.05, 0.1) is 16.3 Å². The van der Waals surface area contributed by atoms with Gasteiger partial charge in [-0.15, -0.1) is 11.6 Å². The summed E-state index contributed by atoms with van der Waals surface area (Å²) in [5.74, 6) is -0.649. The number of halogens is 3. The van der Waals surface area contributed by atoms with E-state index in [1.54, 1.807) is 12.1 Å². The molecular weight excluding hydrogens is 276 g/mol. The molecule has 0 aromatic heterocycles. The number of benzene rings is 1.